The average Bonchev–Trinajstić information content (AvgIpc) is 3.45. The zero-order valence-electron chi connectivity index (χ0n) is 19.2. The minimum atomic E-state index is -0.243. The second kappa shape index (κ2) is 8.97. The Kier molecular flexibility index (Phi) is 5.71. The van der Waals surface area contributed by atoms with Crippen LogP contribution < -0.4 is 10.9 Å². The lowest BCUT2D eigenvalue weighted by atomic mass is 10.1. The molecule has 0 spiro atoms. The van der Waals surface area contributed by atoms with Gasteiger partial charge in [-0.05, 0) is 55.2 Å². The van der Waals surface area contributed by atoms with Gasteiger partial charge in [-0.1, -0.05) is 24.3 Å². The molecule has 8 heteroatoms. The van der Waals surface area contributed by atoms with Gasteiger partial charge in [-0.25, -0.2) is 0 Å². The standard InChI is InChI=1S/C26H26N6O2/c1-17-7-8-20(15-18(17)2)31-13-14-32-23(29-30-25(32)26(31)34)9-10-24(33)27-12-11-19-16-28-22-6-4-3-5-21(19)22/h3-8,13-16,28H,9-12H2,1-2H3,(H,27,33). The molecule has 0 saturated heterocycles. The number of aromatic amines is 1. The fourth-order valence-corrected chi connectivity index (χ4v) is 4.17. The molecule has 5 rings (SSSR count). The van der Waals surface area contributed by atoms with Gasteiger partial charge in [0.25, 0.3) is 0 Å². The first kappa shape index (κ1) is 21.6. The van der Waals surface area contributed by atoms with E-state index in [-0.39, 0.29) is 23.5 Å². The Balaban J connectivity index is 1.22. The number of nitrogens with zero attached hydrogens (tertiary/aromatic N) is 4. The monoisotopic (exact) mass is 454 g/mol. The highest BCUT2D eigenvalue weighted by Crippen LogP contribution is 2.18. The molecule has 34 heavy (non-hydrogen) atoms. The number of benzene rings is 2. The van der Waals surface area contributed by atoms with Crippen LogP contribution in [0.15, 0.2) is 65.8 Å². The van der Waals surface area contributed by atoms with Gasteiger partial charge in [0.05, 0.1) is 0 Å². The van der Waals surface area contributed by atoms with Crippen molar-refractivity contribution in [2.24, 2.45) is 0 Å². The van der Waals surface area contributed by atoms with Crippen molar-refractivity contribution >= 4 is 22.5 Å². The lowest BCUT2D eigenvalue weighted by Crippen LogP contribution is -2.26. The largest absolute Gasteiger partial charge is 0.361 e. The van der Waals surface area contributed by atoms with Crippen molar-refractivity contribution in [3.05, 3.63) is 93.9 Å². The van der Waals surface area contributed by atoms with Crippen LogP contribution in [-0.2, 0) is 17.6 Å². The van der Waals surface area contributed by atoms with Crippen LogP contribution in [0.3, 0.4) is 0 Å². The number of rotatable bonds is 7. The lowest BCUT2D eigenvalue weighted by molar-refractivity contribution is -0.121. The highest BCUT2D eigenvalue weighted by molar-refractivity contribution is 5.83. The highest BCUT2D eigenvalue weighted by atomic mass is 16.1. The van der Waals surface area contributed by atoms with E-state index in [4.69, 9.17) is 0 Å². The van der Waals surface area contributed by atoms with E-state index >= 15 is 0 Å². The number of para-hydroxylation sites is 1. The molecule has 172 valence electrons. The number of fused-ring (bicyclic) bond motifs is 2. The van der Waals surface area contributed by atoms with Gasteiger partial charge >= 0.3 is 5.56 Å². The third-order valence-corrected chi connectivity index (χ3v) is 6.28. The minimum absolute atomic E-state index is 0.0555. The van der Waals surface area contributed by atoms with E-state index in [1.54, 1.807) is 21.4 Å². The minimum Gasteiger partial charge on any atom is -0.361 e. The second-order valence-electron chi connectivity index (χ2n) is 8.51. The van der Waals surface area contributed by atoms with E-state index in [9.17, 15) is 9.59 Å². The van der Waals surface area contributed by atoms with Gasteiger partial charge in [-0.15, -0.1) is 10.2 Å². The van der Waals surface area contributed by atoms with Crippen molar-refractivity contribution in [3.8, 4) is 5.69 Å². The van der Waals surface area contributed by atoms with E-state index in [1.807, 2.05) is 56.4 Å². The number of hydrogen-bond acceptors (Lipinski definition) is 4. The van der Waals surface area contributed by atoms with Crippen LogP contribution >= 0.6 is 0 Å². The number of hydrogen-bond donors (Lipinski definition) is 2. The average molecular weight is 455 g/mol. The summed E-state index contributed by atoms with van der Waals surface area (Å²) in [6.07, 6.45) is 6.90. The molecule has 0 atom stereocenters. The summed E-state index contributed by atoms with van der Waals surface area (Å²) < 4.78 is 3.23. The summed E-state index contributed by atoms with van der Waals surface area (Å²) >= 11 is 0. The van der Waals surface area contributed by atoms with Crippen molar-refractivity contribution in [1.82, 2.24) is 29.5 Å². The van der Waals surface area contributed by atoms with E-state index in [2.05, 4.69) is 26.6 Å². The second-order valence-corrected chi connectivity index (χ2v) is 8.51. The van der Waals surface area contributed by atoms with Gasteiger partial charge < -0.3 is 10.3 Å². The van der Waals surface area contributed by atoms with Gasteiger partial charge in [-0.3, -0.25) is 18.6 Å². The first-order valence-electron chi connectivity index (χ1n) is 11.4. The quantitative estimate of drug-likeness (QED) is 0.394. The fourth-order valence-electron chi connectivity index (χ4n) is 4.17. The predicted octanol–water partition coefficient (Wildman–Crippen LogP) is 3.27. The van der Waals surface area contributed by atoms with Crippen LogP contribution in [0.5, 0.6) is 0 Å². The summed E-state index contributed by atoms with van der Waals surface area (Å²) in [6, 6.07) is 14.0. The molecule has 0 unspecified atom stereocenters. The number of aryl methyl sites for hydroxylation is 3. The van der Waals surface area contributed by atoms with Crippen molar-refractivity contribution in [2.45, 2.75) is 33.1 Å². The molecule has 0 bridgehead atoms. The van der Waals surface area contributed by atoms with Crippen LogP contribution in [0.4, 0.5) is 0 Å². The van der Waals surface area contributed by atoms with E-state index in [0.29, 0.717) is 18.8 Å². The summed E-state index contributed by atoms with van der Waals surface area (Å²) in [5.41, 5.74) is 5.35. The predicted molar refractivity (Wildman–Crippen MR) is 131 cm³/mol. The highest BCUT2D eigenvalue weighted by Gasteiger charge is 2.13. The lowest BCUT2D eigenvalue weighted by Gasteiger charge is -2.09. The third kappa shape index (κ3) is 4.10. The van der Waals surface area contributed by atoms with Crippen molar-refractivity contribution in [1.29, 1.82) is 0 Å². The van der Waals surface area contributed by atoms with Gasteiger partial charge in [-0.2, -0.15) is 0 Å². The molecular weight excluding hydrogens is 428 g/mol. The molecule has 5 aromatic rings. The molecule has 0 aliphatic heterocycles. The first-order chi connectivity index (χ1) is 16.5. The zero-order chi connectivity index (χ0) is 23.7. The maximum atomic E-state index is 13.0. The molecule has 1 amide bonds. The molecule has 3 heterocycles. The molecule has 2 N–H and O–H groups in total. The van der Waals surface area contributed by atoms with Gasteiger partial charge in [0.15, 0.2) is 0 Å². The molecule has 0 saturated carbocycles. The van der Waals surface area contributed by atoms with Crippen LogP contribution in [0.2, 0.25) is 0 Å². The molecule has 8 nitrogen and oxygen atoms in total. The number of amides is 1. The van der Waals surface area contributed by atoms with Gasteiger partial charge in [0, 0.05) is 54.6 Å². The van der Waals surface area contributed by atoms with Crippen LogP contribution in [-0.4, -0.2) is 36.6 Å². The Morgan fingerprint density at radius 2 is 1.88 bits per heavy atom. The van der Waals surface area contributed by atoms with Crippen molar-refractivity contribution in [3.63, 3.8) is 0 Å². The fraction of sp³-hybridized carbons (Fsp3) is 0.231. The Labute approximate surface area is 196 Å². The van der Waals surface area contributed by atoms with E-state index < -0.39 is 0 Å². The number of carbonyl (C=O) groups is 1. The SMILES string of the molecule is Cc1ccc(-n2ccn3c(CCC(=O)NCCc4c[nH]c5ccccc45)nnc3c2=O)cc1C. The molecule has 0 radical (unpaired) electrons. The smallest absolute Gasteiger partial charge is 0.300 e. The number of nitrogens with one attached hydrogen (secondary N) is 2. The Hall–Kier alpha value is -4.20. The summed E-state index contributed by atoms with van der Waals surface area (Å²) in [7, 11) is 0. The molecule has 3 aromatic heterocycles. The van der Waals surface area contributed by atoms with Crippen molar-refractivity contribution in [2.75, 3.05) is 6.54 Å². The summed E-state index contributed by atoms with van der Waals surface area (Å²) in [5.74, 6) is 0.533. The summed E-state index contributed by atoms with van der Waals surface area (Å²) in [6.45, 7) is 4.61. The number of aromatic nitrogens is 5. The van der Waals surface area contributed by atoms with Crippen LogP contribution in [0, 0.1) is 13.8 Å². The normalized spacial score (nSPS) is 11.4. The van der Waals surface area contributed by atoms with Crippen LogP contribution in [0.1, 0.15) is 28.9 Å². The van der Waals surface area contributed by atoms with Gasteiger partial charge in [0.1, 0.15) is 5.82 Å². The van der Waals surface area contributed by atoms with E-state index in [1.165, 1.54) is 16.5 Å². The number of H-pyrrole nitrogens is 1. The van der Waals surface area contributed by atoms with Crippen LogP contribution in [0.25, 0.3) is 22.2 Å². The molecule has 0 aliphatic carbocycles. The first-order valence-corrected chi connectivity index (χ1v) is 11.4. The van der Waals surface area contributed by atoms with E-state index in [0.717, 1.165) is 23.2 Å². The topological polar surface area (TPSA) is 97.1 Å². The third-order valence-electron chi connectivity index (χ3n) is 6.28. The Bertz CT molecular complexity index is 1560. The Morgan fingerprint density at radius 1 is 1.03 bits per heavy atom. The summed E-state index contributed by atoms with van der Waals surface area (Å²) in [4.78, 5) is 28.6. The Morgan fingerprint density at radius 3 is 2.74 bits per heavy atom. The number of carbonyl (C=O) groups excluding carboxylic acids is 1. The molecule has 0 fully saturated rings. The maximum absolute atomic E-state index is 13.0. The maximum Gasteiger partial charge on any atom is 0.300 e. The molecule has 0 aliphatic rings. The van der Waals surface area contributed by atoms with Gasteiger partial charge in [0.2, 0.25) is 11.6 Å². The zero-order valence-corrected chi connectivity index (χ0v) is 19.2. The molecule has 2 aromatic carbocycles. The molecular formula is C26H26N6O2. The van der Waals surface area contributed by atoms with Crippen molar-refractivity contribution < 1.29 is 4.79 Å². The summed E-state index contributed by atoms with van der Waals surface area (Å²) in [5, 5.41) is 12.4.